The van der Waals surface area contributed by atoms with E-state index >= 15 is 0 Å². The number of nitrogens with zero attached hydrogens (tertiary/aromatic N) is 3. The molecule has 4 nitrogen and oxygen atoms in total. The van der Waals surface area contributed by atoms with Crippen molar-refractivity contribution >= 4 is 0 Å². The Morgan fingerprint density at radius 1 is 1.47 bits per heavy atom. The van der Waals surface area contributed by atoms with E-state index in [1.807, 2.05) is 0 Å². The molecule has 0 bridgehead atoms. The van der Waals surface area contributed by atoms with Gasteiger partial charge in [0, 0.05) is 11.6 Å². The van der Waals surface area contributed by atoms with Crippen LogP contribution < -0.4 is 5.73 Å². The summed E-state index contributed by atoms with van der Waals surface area (Å²) >= 11 is 0. The van der Waals surface area contributed by atoms with Gasteiger partial charge in [0.05, 0.1) is 5.69 Å². The van der Waals surface area contributed by atoms with E-state index < -0.39 is 0 Å². The van der Waals surface area contributed by atoms with Crippen LogP contribution in [0.4, 0.5) is 4.39 Å². The summed E-state index contributed by atoms with van der Waals surface area (Å²) in [4.78, 5) is 3.82. The van der Waals surface area contributed by atoms with Crippen molar-refractivity contribution in [2.75, 3.05) is 0 Å². The van der Waals surface area contributed by atoms with Gasteiger partial charge in [-0.2, -0.15) is 5.10 Å². The molecule has 1 aromatic carbocycles. The number of benzene rings is 1. The van der Waals surface area contributed by atoms with Crippen molar-refractivity contribution in [1.29, 1.82) is 0 Å². The van der Waals surface area contributed by atoms with Gasteiger partial charge in [-0.05, 0) is 19.1 Å². The molecule has 2 N–H and O–H groups in total. The Morgan fingerprint density at radius 2 is 2.27 bits per heavy atom. The summed E-state index contributed by atoms with van der Waals surface area (Å²) in [7, 11) is 0. The quantitative estimate of drug-likeness (QED) is 0.808. The summed E-state index contributed by atoms with van der Waals surface area (Å²) < 4.78 is 15.1. The molecule has 2 aromatic rings. The highest BCUT2D eigenvalue weighted by Gasteiger charge is 2.13. The van der Waals surface area contributed by atoms with Crippen LogP contribution in [0, 0.1) is 5.82 Å². The van der Waals surface area contributed by atoms with Crippen molar-refractivity contribution in [1.82, 2.24) is 14.8 Å². The lowest BCUT2D eigenvalue weighted by Crippen LogP contribution is -2.12. The Kier molecular flexibility index (Phi) is 2.47. The molecule has 0 radical (unpaired) electrons. The van der Waals surface area contributed by atoms with E-state index in [2.05, 4.69) is 10.1 Å². The molecular formula is C10H11FN4. The average molecular weight is 206 g/mol. The molecule has 0 saturated heterocycles. The highest BCUT2D eigenvalue weighted by Crippen LogP contribution is 2.22. The minimum Gasteiger partial charge on any atom is -0.324 e. The van der Waals surface area contributed by atoms with Crippen molar-refractivity contribution in [3.05, 3.63) is 42.2 Å². The monoisotopic (exact) mass is 206 g/mol. The summed E-state index contributed by atoms with van der Waals surface area (Å²) in [6.07, 6.45) is 2.91. The van der Waals surface area contributed by atoms with Gasteiger partial charge in [0.25, 0.3) is 0 Å². The molecule has 0 amide bonds. The zero-order valence-electron chi connectivity index (χ0n) is 8.26. The maximum Gasteiger partial charge on any atom is 0.138 e. The zero-order chi connectivity index (χ0) is 10.8. The lowest BCUT2D eigenvalue weighted by atomic mass is 10.1. The molecule has 1 heterocycles. The molecule has 0 fully saturated rings. The van der Waals surface area contributed by atoms with Gasteiger partial charge in [-0.25, -0.2) is 14.1 Å². The van der Waals surface area contributed by atoms with E-state index in [1.54, 1.807) is 19.1 Å². The van der Waals surface area contributed by atoms with Crippen LogP contribution in [0.3, 0.4) is 0 Å². The predicted molar refractivity (Wildman–Crippen MR) is 53.9 cm³/mol. The summed E-state index contributed by atoms with van der Waals surface area (Å²) in [5.41, 5.74) is 6.79. The van der Waals surface area contributed by atoms with E-state index in [0.29, 0.717) is 11.3 Å². The smallest absolute Gasteiger partial charge is 0.138 e. The van der Waals surface area contributed by atoms with Gasteiger partial charge in [0.15, 0.2) is 0 Å². The van der Waals surface area contributed by atoms with E-state index in [4.69, 9.17) is 5.73 Å². The molecule has 1 aromatic heterocycles. The molecule has 0 spiro atoms. The number of halogens is 1. The Bertz CT molecular complexity index is 450. The number of hydrogen-bond donors (Lipinski definition) is 1. The van der Waals surface area contributed by atoms with Crippen molar-refractivity contribution in [2.24, 2.45) is 5.73 Å². The Morgan fingerprint density at radius 3 is 2.87 bits per heavy atom. The maximum absolute atomic E-state index is 13.6. The summed E-state index contributed by atoms with van der Waals surface area (Å²) in [5.74, 6) is -0.321. The molecule has 0 unspecified atom stereocenters. The van der Waals surface area contributed by atoms with Crippen LogP contribution in [0.25, 0.3) is 5.69 Å². The fourth-order valence-corrected chi connectivity index (χ4v) is 1.51. The first-order valence-corrected chi connectivity index (χ1v) is 4.59. The Balaban J connectivity index is 2.61. The molecule has 0 aliphatic carbocycles. The van der Waals surface area contributed by atoms with Crippen LogP contribution in [0.2, 0.25) is 0 Å². The first-order chi connectivity index (χ1) is 7.20. The Hall–Kier alpha value is -1.75. The number of nitrogens with two attached hydrogens (primary N) is 1. The van der Waals surface area contributed by atoms with E-state index in [-0.39, 0.29) is 11.9 Å². The number of rotatable bonds is 2. The molecular weight excluding hydrogens is 195 g/mol. The standard InChI is InChI=1S/C10H11FN4/c1-7(12)10-8(11)3-2-4-9(10)15-6-13-5-14-15/h2-7H,12H2,1H3/t7-/m0/s1. The lowest BCUT2D eigenvalue weighted by molar-refractivity contribution is 0.589. The molecule has 5 heteroatoms. The highest BCUT2D eigenvalue weighted by molar-refractivity contribution is 5.42. The maximum atomic E-state index is 13.6. The highest BCUT2D eigenvalue weighted by atomic mass is 19.1. The fourth-order valence-electron chi connectivity index (χ4n) is 1.51. The molecule has 0 aliphatic rings. The topological polar surface area (TPSA) is 56.7 Å². The molecule has 2 rings (SSSR count). The summed E-state index contributed by atoms with van der Waals surface area (Å²) in [6, 6.07) is 4.39. The fraction of sp³-hybridized carbons (Fsp3) is 0.200. The minimum absolute atomic E-state index is 0.321. The predicted octanol–water partition coefficient (Wildman–Crippen LogP) is 1.43. The SMILES string of the molecule is C[C@H](N)c1c(F)cccc1-n1cncn1. The van der Waals surface area contributed by atoms with Gasteiger partial charge in [-0.3, -0.25) is 0 Å². The zero-order valence-corrected chi connectivity index (χ0v) is 8.26. The third kappa shape index (κ3) is 1.73. The van der Waals surface area contributed by atoms with Crippen LogP contribution in [0.15, 0.2) is 30.9 Å². The van der Waals surface area contributed by atoms with Crippen molar-refractivity contribution in [3.8, 4) is 5.69 Å². The number of aromatic nitrogens is 3. The normalized spacial score (nSPS) is 12.7. The van der Waals surface area contributed by atoms with Crippen LogP contribution in [-0.2, 0) is 0 Å². The van der Waals surface area contributed by atoms with Crippen LogP contribution in [-0.4, -0.2) is 14.8 Å². The van der Waals surface area contributed by atoms with E-state index in [9.17, 15) is 4.39 Å². The average Bonchev–Trinajstić information content (AvgIpc) is 2.69. The molecule has 15 heavy (non-hydrogen) atoms. The van der Waals surface area contributed by atoms with E-state index in [1.165, 1.54) is 23.4 Å². The molecule has 78 valence electrons. The third-order valence-electron chi connectivity index (χ3n) is 2.15. The van der Waals surface area contributed by atoms with Crippen molar-refractivity contribution in [2.45, 2.75) is 13.0 Å². The molecule has 1 atom stereocenters. The second-order valence-corrected chi connectivity index (χ2v) is 3.30. The first-order valence-electron chi connectivity index (χ1n) is 4.59. The van der Waals surface area contributed by atoms with E-state index in [0.717, 1.165) is 0 Å². The lowest BCUT2D eigenvalue weighted by Gasteiger charge is -2.12. The van der Waals surface area contributed by atoms with Crippen molar-refractivity contribution < 1.29 is 4.39 Å². The van der Waals surface area contributed by atoms with Gasteiger partial charge in [0.1, 0.15) is 18.5 Å². The van der Waals surface area contributed by atoms with Gasteiger partial charge in [0.2, 0.25) is 0 Å². The van der Waals surface area contributed by atoms with Gasteiger partial charge in [-0.1, -0.05) is 6.07 Å². The minimum atomic E-state index is -0.384. The first kappa shape index (κ1) is 9.79. The third-order valence-corrected chi connectivity index (χ3v) is 2.15. The second kappa shape index (κ2) is 3.78. The van der Waals surface area contributed by atoms with Crippen molar-refractivity contribution in [3.63, 3.8) is 0 Å². The summed E-state index contributed by atoms with van der Waals surface area (Å²) in [6.45, 7) is 1.73. The summed E-state index contributed by atoms with van der Waals surface area (Å²) in [5, 5.41) is 3.95. The largest absolute Gasteiger partial charge is 0.324 e. The van der Waals surface area contributed by atoms with Crippen LogP contribution >= 0.6 is 0 Å². The number of hydrogen-bond acceptors (Lipinski definition) is 3. The van der Waals surface area contributed by atoms with Gasteiger partial charge < -0.3 is 5.73 Å². The molecule has 0 saturated carbocycles. The Labute approximate surface area is 86.6 Å². The molecule has 0 aliphatic heterocycles. The second-order valence-electron chi connectivity index (χ2n) is 3.30. The van der Waals surface area contributed by atoms with Gasteiger partial charge in [-0.15, -0.1) is 0 Å². The van der Waals surface area contributed by atoms with Crippen LogP contribution in [0.5, 0.6) is 0 Å². The van der Waals surface area contributed by atoms with Crippen LogP contribution in [0.1, 0.15) is 18.5 Å². The van der Waals surface area contributed by atoms with Gasteiger partial charge >= 0.3 is 0 Å².